The van der Waals surface area contributed by atoms with E-state index in [1.165, 1.54) is 57.8 Å². The Hall–Kier alpha value is -1.71. The number of fused-ring (bicyclic) bond motifs is 1. The molecule has 23 heavy (non-hydrogen) atoms. The molecule has 0 atom stereocenters. The summed E-state index contributed by atoms with van der Waals surface area (Å²) in [5.41, 5.74) is 7.46. The van der Waals surface area contributed by atoms with E-state index in [9.17, 15) is 0 Å². The van der Waals surface area contributed by atoms with Crippen LogP contribution in [0.2, 0.25) is 0 Å². The Kier molecular flexibility index (Phi) is 7.78. The Labute approximate surface area is 139 Å². The second-order valence-corrected chi connectivity index (χ2v) is 6.33. The molecular weight excluding hydrogens is 286 g/mol. The molecule has 0 aliphatic heterocycles. The fraction of sp³-hybridized carbons (Fsp3) is 0.632. The number of nitrogens with two attached hydrogens (primary N) is 1. The Balaban J connectivity index is 1.50. The number of nitrogens with zero attached hydrogens (tertiary/aromatic N) is 1. The quantitative estimate of drug-likeness (QED) is 0.512. The topological polar surface area (TPSA) is 63.9 Å². The van der Waals surface area contributed by atoms with Crippen molar-refractivity contribution in [3.05, 3.63) is 18.2 Å². The van der Waals surface area contributed by atoms with Crippen molar-refractivity contribution in [2.24, 2.45) is 0 Å². The van der Waals surface area contributed by atoms with E-state index in [1.807, 2.05) is 18.2 Å². The molecule has 3 N–H and O–H groups in total. The summed E-state index contributed by atoms with van der Waals surface area (Å²) in [6.45, 7) is 3.05. The third-order valence-corrected chi connectivity index (χ3v) is 4.24. The maximum Gasteiger partial charge on any atom is 0.198 e. The van der Waals surface area contributed by atoms with Gasteiger partial charge in [-0.1, -0.05) is 64.7 Å². The second kappa shape index (κ2) is 10.1. The number of aromatic nitrogens is 2. The maximum absolute atomic E-state index is 5.80. The van der Waals surface area contributed by atoms with Gasteiger partial charge in [-0.2, -0.15) is 0 Å². The molecule has 2 rings (SSSR count). The highest BCUT2D eigenvalue weighted by Crippen LogP contribution is 2.20. The lowest BCUT2D eigenvalue weighted by Gasteiger charge is -2.06. The molecule has 4 nitrogen and oxygen atoms in total. The molecule has 0 radical (unpaired) electrons. The van der Waals surface area contributed by atoms with Crippen molar-refractivity contribution in [1.29, 1.82) is 0 Å². The van der Waals surface area contributed by atoms with Gasteiger partial charge >= 0.3 is 0 Å². The molecule has 0 aliphatic rings. The molecule has 1 aromatic carbocycles. The molecule has 1 heterocycles. The molecular formula is C19H31N3O. The first-order valence-electron chi connectivity index (χ1n) is 9.17. The van der Waals surface area contributed by atoms with Gasteiger partial charge < -0.3 is 15.5 Å². The third-order valence-electron chi connectivity index (χ3n) is 4.24. The van der Waals surface area contributed by atoms with E-state index in [2.05, 4.69) is 16.9 Å². The molecule has 0 spiro atoms. The summed E-state index contributed by atoms with van der Waals surface area (Å²) in [7, 11) is 0. The van der Waals surface area contributed by atoms with E-state index in [4.69, 9.17) is 10.5 Å². The molecule has 1 aromatic heterocycles. The fourth-order valence-electron chi connectivity index (χ4n) is 2.87. The summed E-state index contributed by atoms with van der Waals surface area (Å²) in [4.78, 5) is 7.23. The highest BCUT2D eigenvalue weighted by molar-refractivity contribution is 5.78. The summed E-state index contributed by atoms with van der Waals surface area (Å²) in [6.07, 6.45) is 13.4. The third kappa shape index (κ3) is 6.51. The van der Waals surface area contributed by atoms with Gasteiger partial charge in [0.05, 0.1) is 17.6 Å². The van der Waals surface area contributed by atoms with E-state index >= 15 is 0 Å². The number of ether oxygens (including phenoxy) is 1. The summed E-state index contributed by atoms with van der Waals surface area (Å²) in [5, 5.41) is 0. The SMILES string of the molecule is CCCCCCCCCCCCOc1ccc2[nH]c(N)nc2c1. The van der Waals surface area contributed by atoms with E-state index in [0.29, 0.717) is 5.95 Å². The monoisotopic (exact) mass is 317 g/mol. The minimum atomic E-state index is 0.451. The minimum Gasteiger partial charge on any atom is -0.494 e. The molecule has 0 saturated heterocycles. The Bertz CT molecular complexity index is 565. The highest BCUT2D eigenvalue weighted by atomic mass is 16.5. The van der Waals surface area contributed by atoms with Crippen LogP contribution in [0.1, 0.15) is 71.1 Å². The first kappa shape index (κ1) is 17.6. The number of H-pyrrole nitrogens is 1. The summed E-state index contributed by atoms with van der Waals surface area (Å²) in [5.74, 6) is 1.33. The number of aromatic amines is 1. The molecule has 0 unspecified atom stereocenters. The summed E-state index contributed by atoms with van der Waals surface area (Å²) in [6, 6.07) is 5.88. The maximum atomic E-state index is 5.80. The lowest BCUT2D eigenvalue weighted by molar-refractivity contribution is 0.304. The van der Waals surface area contributed by atoms with Crippen molar-refractivity contribution in [1.82, 2.24) is 9.97 Å². The van der Waals surface area contributed by atoms with Crippen LogP contribution >= 0.6 is 0 Å². The van der Waals surface area contributed by atoms with Gasteiger partial charge in [-0.25, -0.2) is 4.98 Å². The predicted molar refractivity (Wildman–Crippen MR) is 97.8 cm³/mol. The number of rotatable bonds is 12. The lowest BCUT2D eigenvalue weighted by Crippen LogP contribution is -1.97. The van der Waals surface area contributed by atoms with Crippen LogP contribution in [-0.2, 0) is 0 Å². The van der Waals surface area contributed by atoms with E-state index in [0.717, 1.165) is 29.8 Å². The minimum absolute atomic E-state index is 0.451. The molecule has 0 saturated carbocycles. The smallest absolute Gasteiger partial charge is 0.198 e. The molecule has 0 aliphatic carbocycles. The number of nitrogen functional groups attached to an aromatic ring is 1. The molecule has 0 amide bonds. The van der Waals surface area contributed by atoms with Crippen LogP contribution in [0.3, 0.4) is 0 Å². The second-order valence-electron chi connectivity index (χ2n) is 6.33. The van der Waals surface area contributed by atoms with Crippen molar-refractivity contribution in [2.45, 2.75) is 71.1 Å². The standard InChI is InChI=1S/C19H31N3O/c1-2-3-4-5-6-7-8-9-10-11-14-23-16-12-13-17-18(15-16)22-19(20)21-17/h12-13,15H,2-11,14H2,1H3,(H3,20,21,22). The van der Waals surface area contributed by atoms with Crippen molar-refractivity contribution >= 4 is 17.0 Å². The number of benzene rings is 1. The van der Waals surface area contributed by atoms with Crippen LogP contribution in [0, 0.1) is 0 Å². The first-order valence-corrected chi connectivity index (χ1v) is 9.17. The van der Waals surface area contributed by atoms with Gasteiger partial charge in [-0.15, -0.1) is 0 Å². The van der Waals surface area contributed by atoms with Crippen LogP contribution in [0.25, 0.3) is 11.0 Å². The zero-order valence-electron chi connectivity index (χ0n) is 14.4. The zero-order valence-corrected chi connectivity index (χ0v) is 14.4. The number of hydrogen-bond acceptors (Lipinski definition) is 3. The first-order chi connectivity index (χ1) is 11.3. The van der Waals surface area contributed by atoms with Crippen molar-refractivity contribution in [2.75, 3.05) is 12.3 Å². The number of imidazole rings is 1. The molecule has 128 valence electrons. The van der Waals surface area contributed by atoms with Crippen LogP contribution in [-0.4, -0.2) is 16.6 Å². The largest absolute Gasteiger partial charge is 0.494 e. The van der Waals surface area contributed by atoms with Crippen LogP contribution in [0.4, 0.5) is 5.95 Å². The van der Waals surface area contributed by atoms with Crippen LogP contribution in [0.15, 0.2) is 18.2 Å². The number of anilines is 1. The molecule has 2 aromatic rings. The van der Waals surface area contributed by atoms with Crippen molar-refractivity contribution < 1.29 is 4.74 Å². The Morgan fingerprint density at radius 3 is 2.30 bits per heavy atom. The molecule has 0 bridgehead atoms. The van der Waals surface area contributed by atoms with Gasteiger partial charge in [0.15, 0.2) is 5.95 Å². The summed E-state index contributed by atoms with van der Waals surface area (Å²) >= 11 is 0. The van der Waals surface area contributed by atoms with Gasteiger partial charge in [0.2, 0.25) is 0 Å². The summed E-state index contributed by atoms with van der Waals surface area (Å²) < 4.78 is 5.80. The molecule has 4 heteroatoms. The van der Waals surface area contributed by atoms with Crippen LogP contribution < -0.4 is 10.5 Å². The average molecular weight is 317 g/mol. The van der Waals surface area contributed by atoms with E-state index in [-0.39, 0.29) is 0 Å². The highest BCUT2D eigenvalue weighted by Gasteiger charge is 2.02. The number of hydrogen-bond donors (Lipinski definition) is 2. The zero-order chi connectivity index (χ0) is 16.3. The Morgan fingerprint density at radius 2 is 1.61 bits per heavy atom. The molecule has 0 fully saturated rings. The van der Waals surface area contributed by atoms with Gasteiger partial charge in [0.25, 0.3) is 0 Å². The average Bonchev–Trinajstić information content (AvgIpc) is 2.92. The normalized spacial score (nSPS) is 11.2. The van der Waals surface area contributed by atoms with Gasteiger partial charge in [0.1, 0.15) is 5.75 Å². The predicted octanol–water partition coefficient (Wildman–Crippen LogP) is 5.44. The van der Waals surface area contributed by atoms with Gasteiger partial charge in [0, 0.05) is 6.07 Å². The number of unbranched alkanes of at least 4 members (excludes halogenated alkanes) is 9. The van der Waals surface area contributed by atoms with Crippen molar-refractivity contribution in [3.63, 3.8) is 0 Å². The Morgan fingerprint density at radius 1 is 0.957 bits per heavy atom. The van der Waals surface area contributed by atoms with E-state index in [1.54, 1.807) is 0 Å². The van der Waals surface area contributed by atoms with Crippen LogP contribution in [0.5, 0.6) is 5.75 Å². The van der Waals surface area contributed by atoms with Gasteiger partial charge in [-0.3, -0.25) is 0 Å². The lowest BCUT2D eigenvalue weighted by atomic mass is 10.1. The fourth-order valence-corrected chi connectivity index (χ4v) is 2.87. The van der Waals surface area contributed by atoms with Crippen molar-refractivity contribution in [3.8, 4) is 5.75 Å². The number of nitrogens with one attached hydrogen (secondary N) is 1. The van der Waals surface area contributed by atoms with Gasteiger partial charge in [-0.05, 0) is 18.6 Å². The van der Waals surface area contributed by atoms with E-state index < -0.39 is 0 Å².